The molecule has 0 unspecified atom stereocenters. The van der Waals surface area contributed by atoms with Crippen molar-refractivity contribution < 1.29 is 9.53 Å². The first-order chi connectivity index (χ1) is 13.7. The summed E-state index contributed by atoms with van der Waals surface area (Å²) < 4.78 is 5.65. The molecule has 4 rings (SSSR count). The average molecular weight is 398 g/mol. The molecule has 0 saturated carbocycles. The Bertz CT molecular complexity index is 843. The third-order valence-corrected chi connectivity index (χ3v) is 6.65. The number of amides is 1. The SMILES string of the molecule is COc1cc2c(cc1CN[C@H]1CCCN[C@H]1c1ccccc1)N(C)C(=O)CS2. The molecule has 2 heterocycles. The number of fused-ring (bicyclic) bond motifs is 1. The highest BCUT2D eigenvalue weighted by Crippen LogP contribution is 2.39. The van der Waals surface area contributed by atoms with Gasteiger partial charge in [0.05, 0.1) is 18.6 Å². The minimum Gasteiger partial charge on any atom is -0.496 e. The molecular weight excluding hydrogens is 370 g/mol. The van der Waals surface area contributed by atoms with E-state index in [1.807, 2.05) is 7.05 Å². The fourth-order valence-corrected chi connectivity index (χ4v) is 5.04. The molecule has 0 aromatic heterocycles. The number of benzene rings is 2. The van der Waals surface area contributed by atoms with Gasteiger partial charge in [0.15, 0.2) is 0 Å². The summed E-state index contributed by atoms with van der Waals surface area (Å²) in [5.41, 5.74) is 3.37. The van der Waals surface area contributed by atoms with E-state index in [0.29, 0.717) is 24.4 Å². The van der Waals surface area contributed by atoms with Gasteiger partial charge in [0, 0.05) is 36.1 Å². The van der Waals surface area contributed by atoms with Crippen LogP contribution < -0.4 is 20.3 Å². The van der Waals surface area contributed by atoms with Crippen molar-refractivity contribution in [2.24, 2.45) is 0 Å². The van der Waals surface area contributed by atoms with Crippen LogP contribution in [0.5, 0.6) is 5.75 Å². The monoisotopic (exact) mass is 397 g/mol. The third kappa shape index (κ3) is 3.90. The summed E-state index contributed by atoms with van der Waals surface area (Å²) >= 11 is 1.58. The summed E-state index contributed by atoms with van der Waals surface area (Å²) in [7, 11) is 3.56. The summed E-state index contributed by atoms with van der Waals surface area (Å²) in [6, 6.07) is 15.4. The standard InChI is InChI=1S/C22H27N3O2S/c1-25-18-11-16(19(27-2)12-20(18)28-14-21(25)26)13-24-17-9-6-10-23-22(17)15-7-4-3-5-8-15/h3-5,7-8,11-12,17,22-24H,6,9-10,13-14H2,1-2H3/t17-,22-/m0/s1. The Morgan fingerprint density at radius 2 is 2.11 bits per heavy atom. The van der Waals surface area contributed by atoms with Crippen molar-refractivity contribution in [3.05, 3.63) is 53.6 Å². The molecular formula is C22H27N3O2S. The number of hydrogen-bond acceptors (Lipinski definition) is 5. The molecule has 28 heavy (non-hydrogen) atoms. The zero-order valence-corrected chi connectivity index (χ0v) is 17.2. The van der Waals surface area contributed by atoms with Gasteiger partial charge < -0.3 is 20.3 Å². The maximum absolute atomic E-state index is 12.1. The number of nitrogens with one attached hydrogen (secondary N) is 2. The van der Waals surface area contributed by atoms with Gasteiger partial charge in [0.2, 0.25) is 5.91 Å². The van der Waals surface area contributed by atoms with E-state index in [1.165, 1.54) is 5.56 Å². The molecule has 2 N–H and O–H groups in total. The van der Waals surface area contributed by atoms with E-state index in [4.69, 9.17) is 4.74 Å². The van der Waals surface area contributed by atoms with Crippen LogP contribution >= 0.6 is 11.8 Å². The van der Waals surface area contributed by atoms with Crippen LogP contribution in [-0.4, -0.2) is 38.4 Å². The lowest BCUT2D eigenvalue weighted by Crippen LogP contribution is -2.45. The van der Waals surface area contributed by atoms with Gasteiger partial charge in [-0.3, -0.25) is 4.79 Å². The first-order valence-electron chi connectivity index (χ1n) is 9.79. The lowest BCUT2D eigenvalue weighted by Gasteiger charge is -2.34. The second-order valence-corrected chi connectivity index (χ2v) is 8.36. The van der Waals surface area contributed by atoms with Crippen LogP contribution in [0.2, 0.25) is 0 Å². The van der Waals surface area contributed by atoms with Crippen LogP contribution in [0.25, 0.3) is 0 Å². The predicted octanol–water partition coefficient (Wildman–Crippen LogP) is 3.35. The molecule has 2 aromatic rings. The molecule has 6 heteroatoms. The van der Waals surface area contributed by atoms with E-state index in [0.717, 1.165) is 41.3 Å². The normalized spacial score (nSPS) is 22.1. The lowest BCUT2D eigenvalue weighted by atomic mass is 9.92. The Kier molecular flexibility index (Phi) is 5.90. The Labute approximate surface area is 170 Å². The predicted molar refractivity (Wildman–Crippen MR) is 114 cm³/mol. The van der Waals surface area contributed by atoms with Crippen LogP contribution in [0.15, 0.2) is 47.4 Å². The van der Waals surface area contributed by atoms with Gasteiger partial charge in [-0.15, -0.1) is 11.8 Å². The van der Waals surface area contributed by atoms with Crippen molar-refractivity contribution in [3.8, 4) is 5.75 Å². The highest BCUT2D eigenvalue weighted by Gasteiger charge is 2.27. The molecule has 0 aliphatic carbocycles. The molecule has 148 valence electrons. The summed E-state index contributed by atoms with van der Waals surface area (Å²) in [4.78, 5) is 14.9. The van der Waals surface area contributed by atoms with E-state index in [2.05, 4.69) is 53.1 Å². The number of ether oxygens (including phenoxy) is 1. The molecule has 1 fully saturated rings. The third-order valence-electron chi connectivity index (χ3n) is 5.62. The maximum Gasteiger partial charge on any atom is 0.237 e. The van der Waals surface area contributed by atoms with Crippen LogP contribution in [0, 0.1) is 0 Å². The number of piperidine rings is 1. The Hall–Kier alpha value is -2.02. The summed E-state index contributed by atoms with van der Waals surface area (Å²) in [6.45, 7) is 1.75. The number of methoxy groups -OCH3 is 1. The van der Waals surface area contributed by atoms with Gasteiger partial charge in [-0.2, -0.15) is 0 Å². The topological polar surface area (TPSA) is 53.6 Å². The van der Waals surface area contributed by atoms with Crippen LogP contribution in [0.3, 0.4) is 0 Å². The van der Waals surface area contributed by atoms with E-state index < -0.39 is 0 Å². The smallest absolute Gasteiger partial charge is 0.237 e. The van der Waals surface area contributed by atoms with Crippen LogP contribution in [0.1, 0.15) is 30.0 Å². The van der Waals surface area contributed by atoms with Gasteiger partial charge in [-0.1, -0.05) is 30.3 Å². The Balaban J connectivity index is 1.54. The van der Waals surface area contributed by atoms with E-state index in [1.54, 1.807) is 23.8 Å². The Morgan fingerprint density at radius 3 is 2.89 bits per heavy atom. The van der Waals surface area contributed by atoms with E-state index in [9.17, 15) is 4.79 Å². The zero-order chi connectivity index (χ0) is 19.5. The first kappa shape index (κ1) is 19.3. The highest BCUT2D eigenvalue weighted by atomic mass is 32.2. The maximum atomic E-state index is 12.1. The average Bonchev–Trinajstić information content (AvgIpc) is 2.75. The summed E-state index contributed by atoms with van der Waals surface area (Å²) in [5.74, 6) is 1.50. The fraction of sp³-hybridized carbons (Fsp3) is 0.409. The molecule has 0 radical (unpaired) electrons. The number of thioether (sulfide) groups is 1. The number of anilines is 1. The molecule has 2 aromatic carbocycles. The summed E-state index contributed by atoms with van der Waals surface area (Å²) in [6.07, 6.45) is 2.30. The van der Waals surface area contributed by atoms with Gasteiger partial charge >= 0.3 is 0 Å². The first-order valence-corrected chi connectivity index (χ1v) is 10.8. The lowest BCUT2D eigenvalue weighted by molar-refractivity contribution is -0.116. The number of rotatable bonds is 5. The van der Waals surface area contributed by atoms with Gasteiger partial charge in [-0.25, -0.2) is 0 Å². The highest BCUT2D eigenvalue weighted by molar-refractivity contribution is 8.00. The number of carbonyl (C=O) groups is 1. The fourth-order valence-electron chi connectivity index (χ4n) is 4.03. The van der Waals surface area contributed by atoms with Crippen LogP contribution in [0.4, 0.5) is 5.69 Å². The molecule has 0 bridgehead atoms. The van der Waals surface area contributed by atoms with Crippen molar-refractivity contribution in [1.29, 1.82) is 0 Å². The van der Waals surface area contributed by atoms with Crippen molar-refractivity contribution >= 4 is 23.4 Å². The van der Waals surface area contributed by atoms with Gasteiger partial charge in [-0.05, 0) is 37.1 Å². The zero-order valence-electron chi connectivity index (χ0n) is 16.4. The van der Waals surface area contributed by atoms with Crippen molar-refractivity contribution in [2.45, 2.75) is 36.4 Å². The quantitative estimate of drug-likeness (QED) is 0.810. The summed E-state index contributed by atoms with van der Waals surface area (Å²) in [5, 5.41) is 7.40. The molecule has 5 nitrogen and oxygen atoms in total. The molecule has 2 aliphatic heterocycles. The molecule has 1 amide bonds. The number of nitrogens with zero attached hydrogens (tertiary/aromatic N) is 1. The minimum atomic E-state index is 0.141. The van der Waals surface area contributed by atoms with Gasteiger partial charge in [0.25, 0.3) is 0 Å². The Morgan fingerprint density at radius 1 is 1.29 bits per heavy atom. The molecule has 2 atom stereocenters. The minimum absolute atomic E-state index is 0.141. The van der Waals surface area contributed by atoms with Gasteiger partial charge in [0.1, 0.15) is 5.75 Å². The molecule has 1 saturated heterocycles. The van der Waals surface area contributed by atoms with E-state index in [-0.39, 0.29) is 5.91 Å². The molecule has 2 aliphatic rings. The van der Waals surface area contributed by atoms with Crippen molar-refractivity contribution in [2.75, 3.05) is 31.4 Å². The largest absolute Gasteiger partial charge is 0.496 e. The second-order valence-electron chi connectivity index (χ2n) is 7.35. The van der Waals surface area contributed by atoms with E-state index >= 15 is 0 Å². The second kappa shape index (κ2) is 8.55. The van der Waals surface area contributed by atoms with Crippen molar-refractivity contribution in [3.63, 3.8) is 0 Å². The molecule has 0 spiro atoms. The van der Waals surface area contributed by atoms with Crippen molar-refractivity contribution in [1.82, 2.24) is 10.6 Å². The number of carbonyl (C=O) groups excluding carboxylic acids is 1. The van der Waals surface area contributed by atoms with Crippen LogP contribution in [-0.2, 0) is 11.3 Å². The number of hydrogen-bond donors (Lipinski definition) is 2.